The van der Waals surface area contributed by atoms with Crippen LogP contribution in [0.4, 0.5) is 11.8 Å². The Morgan fingerprint density at radius 3 is 2.60 bits per heavy atom. The van der Waals surface area contributed by atoms with Gasteiger partial charge in [-0.25, -0.2) is 4.98 Å². The Kier molecular flexibility index (Phi) is 4.17. The zero-order valence-electron chi connectivity index (χ0n) is 14.5. The van der Waals surface area contributed by atoms with Gasteiger partial charge in [0.05, 0.1) is 0 Å². The first-order valence-electron chi connectivity index (χ1n) is 8.53. The van der Waals surface area contributed by atoms with Gasteiger partial charge in [0.2, 0.25) is 5.95 Å². The third kappa shape index (κ3) is 3.00. The standard InChI is InChI=1S/C18H22N6S/c1-12-3-4-15(14-7-10-25-11-14)17(20-12)24-8-5-13(6-9-24)16-21-22-18(19)23(16)2/h3-4,7,10-11,13H,5-6,8-9H2,1-2H3,(H2,19,22). The van der Waals surface area contributed by atoms with Gasteiger partial charge in [0, 0.05) is 37.3 Å². The molecule has 3 aromatic rings. The Morgan fingerprint density at radius 2 is 1.96 bits per heavy atom. The molecule has 2 N–H and O–H groups in total. The molecule has 7 heteroatoms. The number of thiophene rings is 1. The smallest absolute Gasteiger partial charge is 0.221 e. The predicted octanol–water partition coefficient (Wildman–Crippen LogP) is 3.21. The summed E-state index contributed by atoms with van der Waals surface area (Å²) in [7, 11) is 1.94. The summed E-state index contributed by atoms with van der Waals surface area (Å²) in [6, 6.07) is 6.44. The van der Waals surface area contributed by atoms with Crippen molar-refractivity contribution in [3.8, 4) is 11.1 Å². The topological polar surface area (TPSA) is 72.9 Å². The molecule has 0 aromatic carbocycles. The van der Waals surface area contributed by atoms with Gasteiger partial charge >= 0.3 is 0 Å². The molecule has 0 amide bonds. The lowest BCUT2D eigenvalue weighted by molar-refractivity contribution is 0.472. The van der Waals surface area contributed by atoms with Crippen molar-refractivity contribution in [2.24, 2.45) is 7.05 Å². The maximum absolute atomic E-state index is 5.83. The van der Waals surface area contributed by atoms with Gasteiger partial charge in [-0.2, -0.15) is 11.3 Å². The van der Waals surface area contributed by atoms with Crippen LogP contribution < -0.4 is 10.6 Å². The molecule has 0 atom stereocenters. The predicted molar refractivity (Wildman–Crippen MR) is 102 cm³/mol. The summed E-state index contributed by atoms with van der Waals surface area (Å²) in [5, 5.41) is 12.6. The molecule has 0 aliphatic carbocycles. The number of pyridine rings is 1. The quantitative estimate of drug-likeness (QED) is 0.782. The monoisotopic (exact) mass is 354 g/mol. The van der Waals surface area contributed by atoms with E-state index in [1.165, 1.54) is 11.1 Å². The molecule has 0 saturated carbocycles. The molecule has 25 heavy (non-hydrogen) atoms. The number of nitrogens with zero attached hydrogens (tertiary/aromatic N) is 5. The molecule has 0 spiro atoms. The van der Waals surface area contributed by atoms with E-state index in [1.807, 2.05) is 11.6 Å². The van der Waals surface area contributed by atoms with Crippen LogP contribution in [0.25, 0.3) is 11.1 Å². The van der Waals surface area contributed by atoms with Crippen LogP contribution in [0.3, 0.4) is 0 Å². The van der Waals surface area contributed by atoms with Crippen LogP contribution in [0.15, 0.2) is 29.0 Å². The molecular formula is C18H22N6S. The van der Waals surface area contributed by atoms with Crippen molar-refractivity contribution in [2.45, 2.75) is 25.7 Å². The summed E-state index contributed by atoms with van der Waals surface area (Å²) in [6.07, 6.45) is 2.06. The molecule has 4 rings (SSSR count). The van der Waals surface area contributed by atoms with Crippen molar-refractivity contribution in [1.29, 1.82) is 0 Å². The maximum atomic E-state index is 5.83. The number of nitrogen functional groups attached to an aromatic ring is 1. The number of nitrogens with two attached hydrogens (primary N) is 1. The molecule has 0 radical (unpaired) electrons. The van der Waals surface area contributed by atoms with Crippen molar-refractivity contribution in [1.82, 2.24) is 19.7 Å². The van der Waals surface area contributed by atoms with Crippen LogP contribution in [-0.4, -0.2) is 32.8 Å². The van der Waals surface area contributed by atoms with Gasteiger partial charge < -0.3 is 15.2 Å². The SMILES string of the molecule is Cc1ccc(-c2ccsc2)c(N2CCC(c3nnc(N)n3C)CC2)n1. The van der Waals surface area contributed by atoms with Crippen molar-refractivity contribution in [3.05, 3.63) is 40.5 Å². The van der Waals surface area contributed by atoms with Gasteiger partial charge in [-0.15, -0.1) is 10.2 Å². The summed E-state index contributed by atoms with van der Waals surface area (Å²) in [5.41, 5.74) is 9.34. The molecule has 1 fully saturated rings. The Labute approximate surface area is 151 Å². The Bertz CT molecular complexity index is 862. The zero-order valence-corrected chi connectivity index (χ0v) is 15.3. The molecule has 0 unspecified atom stereocenters. The van der Waals surface area contributed by atoms with Gasteiger partial charge in [-0.1, -0.05) is 0 Å². The van der Waals surface area contributed by atoms with Gasteiger partial charge in [0.1, 0.15) is 11.6 Å². The molecule has 1 aliphatic heterocycles. The molecule has 4 heterocycles. The second kappa shape index (κ2) is 6.48. The lowest BCUT2D eigenvalue weighted by Gasteiger charge is -2.33. The Hall–Kier alpha value is -2.41. The second-order valence-electron chi connectivity index (χ2n) is 6.57. The van der Waals surface area contributed by atoms with Crippen molar-refractivity contribution >= 4 is 23.1 Å². The number of hydrogen-bond acceptors (Lipinski definition) is 6. The molecule has 1 saturated heterocycles. The fourth-order valence-electron chi connectivity index (χ4n) is 3.49. The van der Waals surface area contributed by atoms with Crippen LogP contribution in [0.5, 0.6) is 0 Å². The third-order valence-corrected chi connectivity index (χ3v) is 5.63. The van der Waals surface area contributed by atoms with Gasteiger partial charge in [0.15, 0.2) is 0 Å². The van der Waals surface area contributed by atoms with E-state index in [0.717, 1.165) is 43.3 Å². The van der Waals surface area contributed by atoms with Crippen LogP contribution >= 0.6 is 11.3 Å². The number of aryl methyl sites for hydroxylation is 1. The largest absolute Gasteiger partial charge is 0.368 e. The molecule has 0 bridgehead atoms. The third-order valence-electron chi connectivity index (χ3n) is 4.95. The summed E-state index contributed by atoms with van der Waals surface area (Å²) in [4.78, 5) is 7.25. The van der Waals surface area contributed by atoms with Gasteiger partial charge in [0.25, 0.3) is 0 Å². The first-order valence-corrected chi connectivity index (χ1v) is 9.47. The highest BCUT2D eigenvalue weighted by Gasteiger charge is 2.26. The van der Waals surface area contributed by atoms with E-state index in [2.05, 4.69) is 51.0 Å². The van der Waals surface area contributed by atoms with E-state index in [-0.39, 0.29) is 0 Å². The number of anilines is 2. The van der Waals surface area contributed by atoms with E-state index in [9.17, 15) is 0 Å². The van der Waals surface area contributed by atoms with Gasteiger partial charge in [-0.05, 0) is 54.3 Å². The second-order valence-corrected chi connectivity index (χ2v) is 7.35. The average Bonchev–Trinajstić information content (AvgIpc) is 3.26. The van der Waals surface area contributed by atoms with Crippen LogP contribution in [0.2, 0.25) is 0 Å². The Morgan fingerprint density at radius 1 is 1.16 bits per heavy atom. The fraction of sp³-hybridized carbons (Fsp3) is 0.389. The minimum atomic E-state index is 0.403. The zero-order chi connectivity index (χ0) is 17.4. The van der Waals surface area contributed by atoms with Gasteiger partial charge in [-0.3, -0.25) is 0 Å². The molecule has 130 valence electrons. The number of rotatable bonds is 3. The summed E-state index contributed by atoms with van der Waals surface area (Å²) in [5.74, 6) is 2.97. The minimum absolute atomic E-state index is 0.403. The first-order chi connectivity index (χ1) is 12.1. The molecule has 3 aromatic heterocycles. The normalized spacial score (nSPS) is 15.7. The van der Waals surface area contributed by atoms with Crippen molar-refractivity contribution in [3.63, 3.8) is 0 Å². The van der Waals surface area contributed by atoms with Crippen molar-refractivity contribution < 1.29 is 0 Å². The highest BCUT2D eigenvalue weighted by Crippen LogP contribution is 2.35. The van der Waals surface area contributed by atoms with E-state index >= 15 is 0 Å². The average molecular weight is 354 g/mol. The van der Waals surface area contributed by atoms with Crippen molar-refractivity contribution in [2.75, 3.05) is 23.7 Å². The van der Waals surface area contributed by atoms with E-state index in [4.69, 9.17) is 10.7 Å². The number of aromatic nitrogens is 4. The summed E-state index contributed by atoms with van der Waals surface area (Å²) in [6.45, 7) is 3.98. The maximum Gasteiger partial charge on any atom is 0.221 e. The number of piperidine rings is 1. The first kappa shape index (κ1) is 16.1. The lowest BCUT2D eigenvalue weighted by atomic mass is 9.95. The van der Waals surface area contributed by atoms with Crippen LogP contribution in [0.1, 0.15) is 30.3 Å². The Balaban J connectivity index is 1.57. The number of hydrogen-bond donors (Lipinski definition) is 1. The highest BCUT2D eigenvalue weighted by atomic mass is 32.1. The van der Waals surface area contributed by atoms with Crippen LogP contribution in [-0.2, 0) is 7.05 Å². The van der Waals surface area contributed by atoms with E-state index in [1.54, 1.807) is 11.3 Å². The summed E-state index contributed by atoms with van der Waals surface area (Å²) < 4.78 is 1.90. The molecule has 1 aliphatic rings. The van der Waals surface area contributed by atoms with Crippen LogP contribution in [0, 0.1) is 6.92 Å². The molecular weight excluding hydrogens is 332 g/mol. The summed E-state index contributed by atoms with van der Waals surface area (Å²) >= 11 is 1.72. The van der Waals surface area contributed by atoms with E-state index in [0.29, 0.717) is 11.9 Å². The fourth-order valence-corrected chi connectivity index (χ4v) is 4.14. The highest BCUT2D eigenvalue weighted by molar-refractivity contribution is 7.08. The molecule has 6 nitrogen and oxygen atoms in total. The van der Waals surface area contributed by atoms with E-state index < -0.39 is 0 Å². The lowest BCUT2D eigenvalue weighted by Crippen LogP contribution is -2.34. The minimum Gasteiger partial charge on any atom is -0.368 e.